The Kier molecular flexibility index (Phi) is 8.11. The predicted octanol–water partition coefficient (Wildman–Crippen LogP) is 2.54. The topological polar surface area (TPSA) is 79.5 Å². The summed E-state index contributed by atoms with van der Waals surface area (Å²) in [5, 5.41) is 8.07. The van der Waals surface area contributed by atoms with Crippen molar-refractivity contribution in [3.63, 3.8) is 0 Å². The van der Waals surface area contributed by atoms with Crippen LogP contribution in [0.5, 0.6) is 0 Å². The maximum absolute atomic E-state index is 11.9. The monoisotopic (exact) mass is 321 g/mol. The molecule has 0 atom stereocenters. The van der Waals surface area contributed by atoms with E-state index in [2.05, 4.69) is 29.8 Å². The Hall–Kier alpha value is -2.08. The third-order valence-electron chi connectivity index (χ3n) is 3.43. The van der Waals surface area contributed by atoms with Crippen LogP contribution in [0.25, 0.3) is 0 Å². The maximum atomic E-state index is 11.9. The van der Waals surface area contributed by atoms with Crippen LogP contribution in [-0.2, 0) is 4.74 Å². The van der Waals surface area contributed by atoms with Crippen LogP contribution in [0.2, 0.25) is 0 Å². The highest BCUT2D eigenvalue weighted by Crippen LogP contribution is 2.18. The average Bonchev–Trinajstić information content (AvgIpc) is 2.51. The molecule has 1 rings (SSSR count). The second kappa shape index (κ2) is 9.84. The zero-order valence-corrected chi connectivity index (χ0v) is 14.4. The highest BCUT2D eigenvalue weighted by molar-refractivity contribution is 5.98. The molecule has 0 heterocycles. The molecule has 6 nitrogen and oxygen atoms in total. The largest absolute Gasteiger partial charge is 0.380 e. The maximum Gasteiger partial charge on any atom is 0.319 e. The minimum atomic E-state index is -0.311. The summed E-state index contributed by atoms with van der Waals surface area (Å²) < 4.78 is 5.44. The minimum Gasteiger partial charge on any atom is -0.380 e. The van der Waals surface area contributed by atoms with Crippen LogP contribution in [0.3, 0.4) is 0 Å². The van der Waals surface area contributed by atoms with E-state index in [1.807, 2.05) is 0 Å². The molecular formula is C17H27N3O3. The Morgan fingerprint density at radius 3 is 2.61 bits per heavy atom. The Labute approximate surface area is 138 Å². The number of amides is 3. The van der Waals surface area contributed by atoms with E-state index in [1.165, 1.54) is 0 Å². The lowest BCUT2D eigenvalue weighted by molar-refractivity contribution is 0.0962. The van der Waals surface area contributed by atoms with Gasteiger partial charge in [-0.1, -0.05) is 19.9 Å². The molecule has 0 saturated heterocycles. The van der Waals surface area contributed by atoms with E-state index >= 15 is 0 Å². The van der Waals surface area contributed by atoms with Gasteiger partial charge in [0, 0.05) is 31.5 Å². The molecule has 3 amide bonds. The Balaban J connectivity index is 2.41. The standard InChI is InChI=1S/C17H27N3O3/c1-12(2)8-10-23-11-9-19-17(22)20-15-7-5-6-14(13(15)3)16(21)18-4/h5-7,12H,8-11H2,1-4H3,(H,18,21)(H2,19,20,22). The third-order valence-corrected chi connectivity index (χ3v) is 3.43. The van der Waals surface area contributed by atoms with Crippen LogP contribution in [0.15, 0.2) is 18.2 Å². The molecule has 0 fully saturated rings. The summed E-state index contributed by atoms with van der Waals surface area (Å²) >= 11 is 0. The van der Waals surface area contributed by atoms with Crippen molar-refractivity contribution in [2.45, 2.75) is 27.2 Å². The second-order valence-corrected chi connectivity index (χ2v) is 5.73. The van der Waals surface area contributed by atoms with E-state index in [1.54, 1.807) is 32.2 Å². The van der Waals surface area contributed by atoms with Gasteiger partial charge >= 0.3 is 6.03 Å². The lowest BCUT2D eigenvalue weighted by Gasteiger charge is -2.13. The van der Waals surface area contributed by atoms with E-state index in [4.69, 9.17) is 4.74 Å². The van der Waals surface area contributed by atoms with Gasteiger partial charge in [0.2, 0.25) is 0 Å². The molecule has 6 heteroatoms. The summed E-state index contributed by atoms with van der Waals surface area (Å²) in [6.07, 6.45) is 1.01. The molecule has 1 aromatic rings. The molecule has 0 aliphatic heterocycles. The molecule has 1 aromatic carbocycles. The summed E-state index contributed by atoms with van der Waals surface area (Å²) in [5.41, 5.74) is 1.89. The van der Waals surface area contributed by atoms with Crippen molar-refractivity contribution in [2.24, 2.45) is 5.92 Å². The van der Waals surface area contributed by atoms with Gasteiger partial charge in [-0.2, -0.15) is 0 Å². The first-order chi connectivity index (χ1) is 11.0. The normalized spacial score (nSPS) is 10.5. The zero-order valence-electron chi connectivity index (χ0n) is 14.4. The highest BCUT2D eigenvalue weighted by Gasteiger charge is 2.11. The van der Waals surface area contributed by atoms with Crippen LogP contribution >= 0.6 is 0 Å². The number of hydrogen-bond donors (Lipinski definition) is 3. The minimum absolute atomic E-state index is 0.176. The molecule has 0 bridgehead atoms. The van der Waals surface area contributed by atoms with E-state index < -0.39 is 0 Å². The summed E-state index contributed by atoms with van der Waals surface area (Å²) in [4.78, 5) is 23.6. The lowest BCUT2D eigenvalue weighted by Crippen LogP contribution is -2.32. The smallest absolute Gasteiger partial charge is 0.319 e. The van der Waals surface area contributed by atoms with Gasteiger partial charge in [0.25, 0.3) is 5.91 Å². The van der Waals surface area contributed by atoms with Crippen molar-refractivity contribution in [3.8, 4) is 0 Å². The molecule has 128 valence electrons. The van der Waals surface area contributed by atoms with Crippen LogP contribution in [0.1, 0.15) is 36.2 Å². The molecule has 0 unspecified atom stereocenters. The molecule has 0 saturated carbocycles. The molecule has 0 aliphatic rings. The molecule has 0 spiro atoms. The van der Waals surface area contributed by atoms with Gasteiger partial charge in [0.05, 0.1) is 6.61 Å². The Morgan fingerprint density at radius 1 is 1.22 bits per heavy atom. The number of carbonyl (C=O) groups is 2. The Bertz CT molecular complexity index is 530. The van der Waals surface area contributed by atoms with Crippen LogP contribution in [-0.4, -0.2) is 38.7 Å². The number of urea groups is 1. The molecule has 0 aliphatic carbocycles. The first-order valence-corrected chi connectivity index (χ1v) is 7.90. The summed E-state index contributed by atoms with van der Waals surface area (Å²) in [6.45, 7) is 7.72. The van der Waals surface area contributed by atoms with Gasteiger partial charge in [0.1, 0.15) is 0 Å². The van der Waals surface area contributed by atoms with E-state index in [0.29, 0.717) is 36.9 Å². The van der Waals surface area contributed by atoms with E-state index in [0.717, 1.165) is 12.0 Å². The molecule has 3 N–H and O–H groups in total. The average molecular weight is 321 g/mol. The lowest BCUT2D eigenvalue weighted by atomic mass is 10.1. The second-order valence-electron chi connectivity index (χ2n) is 5.73. The van der Waals surface area contributed by atoms with Crippen molar-refractivity contribution in [1.29, 1.82) is 0 Å². The quantitative estimate of drug-likeness (QED) is 0.644. The molecule has 23 heavy (non-hydrogen) atoms. The number of ether oxygens (including phenoxy) is 1. The molecule has 0 aromatic heterocycles. The van der Waals surface area contributed by atoms with Crippen molar-refractivity contribution in [2.75, 3.05) is 32.1 Å². The van der Waals surface area contributed by atoms with Crippen LogP contribution < -0.4 is 16.0 Å². The molecule has 0 radical (unpaired) electrons. The van der Waals surface area contributed by atoms with E-state index in [-0.39, 0.29) is 11.9 Å². The SMILES string of the molecule is CNC(=O)c1cccc(NC(=O)NCCOCCC(C)C)c1C. The van der Waals surface area contributed by atoms with Gasteiger partial charge in [-0.25, -0.2) is 4.79 Å². The van der Waals surface area contributed by atoms with Gasteiger partial charge in [-0.05, 0) is 37.0 Å². The fourth-order valence-electron chi connectivity index (χ4n) is 1.98. The first-order valence-electron chi connectivity index (χ1n) is 7.90. The van der Waals surface area contributed by atoms with Gasteiger partial charge in [-0.3, -0.25) is 4.79 Å². The fourth-order valence-corrected chi connectivity index (χ4v) is 1.98. The van der Waals surface area contributed by atoms with Crippen molar-refractivity contribution in [3.05, 3.63) is 29.3 Å². The number of rotatable bonds is 8. The zero-order chi connectivity index (χ0) is 17.2. The Morgan fingerprint density at radius 2 is 1.96 bits per heavy atom. The summed E-state index contributed by atoms with van der Waals surface area (Å²) in [6, 6.07) is 4.91. The van der Waals surface area contributed by atoms with Crippen molar-refractivity contribution < 1.29 is 14.3 Å². The number of nitrogens with one attached hydrogen (secondary N) is 3. The number of anilines is 1. The highest BCUT2D eigenvalue weighted by atomic mass is 16.5. The summed E-state index contributed by atoms with van der Waals surface area (Å²) in [7, 11) is 1.58. The number of carbonyl (C=O) groups excluding carboxylic acids is 2. The summed E-state index contributed by atoms with van der Waals surface area (Å²) in [5.74, 6) is 0.437. The van der Waals surface area contributed by atoms with Gasteiger partial charge in [-0.15, -0.1) is 0 Å². The van der Waals surface area contributed by atoms with E-state index in [9.17, 15) is 9.59 Å². The number of benzene rings is 1. The predicted molar refractivity (Wildman–Crippen MR) is 91.9 cm³/mol. The molecular weight excluding hydrogens is 294 g/mol. The first kappa shape index (κ1) is 19.0. The van der Waals surface area contributed by atoms with Crippen LogP contribution in [0, 0.1) is 12.8 Å². The van der Waals surface area contributed by atoms with Gasteiger partial charge in [0.15, 0.2) is 0 Å². The fraction of sp³-hybridized carbons (Fsp3) is 0.529. The van der Waals surface area contributed by atoms with Crippen molar-refractivity contribution >= 4 is 17.6 Å². The van der Waals surface area contributed by atoms with Gasteiger partial charge < -0.3 is 20.7 Å². The van der Waals surface area contributed by atoms with Crippen LogP contribution in [0.4, 0.5) is 10.5 Å². The number of hydrogen-bond acceptors (Lipinski definition) is 3. The third kappa shape index (κ3) is 6.69. The van der Waals surface area contributed by atoms with Crippen molar-refractivity contribution in [1.82, 2.24) is 10.6 Å².